The first-order valence-electron chi connectivity index (χ1n) is 6.19. The summed E-state index contributed by atoms with van der Waals surface area (Å²) in [4.78, 5) is 0. The van der Waals surface area contributed by atoms with E-state index in [1.807, 2.05) is 0 Å². The van der Waals surface area contributed by atoms with Crippen molar-refractivity contribution >= 4 is 0 Å². The predicted octanol–water partition coefficient (Wildman–Crippen LogP) is 4.24. The Labute approximate surface area is 97.7 Å². The number of benzene rings is 1. The minimum atomic E-state index is 0.240. The van der Waals surface area contributed by atoms with Crippen molar-refractivity contribution in [3.63, 3.8) is 0 Å². The molecule has 82 valence electrons. The molecule has 0 aromatic heterocycles. The van der Waals surface area contributed by atoms with Crippen molar-refractivity contribution in [2.75, 3.05) is 0 Å². The van der Waals surface area contributed by atoms with Crippen molar-refractivity contribution in [1.82, 2.24) is 0 Å². The molecular weight excluding hydrogens is 192 g/mol. The van der Waals surface area contributed by atoms with Crippen LogP contribution in [0.2, 0.25) is 0 Å². The number of hydrogen-bond acceptors (Lipinski definition) is 0. The van der Waals surface area contributed by atoms with Gasteiger partial charge in [-0.2, -0.15) is 0 Å². The second-order valence-corrected chi connectivity index (χ2v) is 5.22. The summed E-state index contributed by atoms with van der Waals surface area (Å²) in [6.07, 6.45) is 7.29. The van der Waals surface area contributed by atoms with Gasteiger partial charge in [-0.1, -0.05) is 61.9 Å². The van der Waals surface area contributed by atoms with Gasteiger partial charge in [-0.3, -0.25) is 0 Å². The second kappa shape index (κ2) is 3.35. The van der Waals surface area contributed by atoms with E-state index in [2.05, 4.69) is 56.3 Å². The van der Waals surface area contributed by atoms with Gasteiger partial charge in [-0.05, 0) is 29.9 Å². The van der Waals surface area contributed by atoms with Crippen molar-refractivity contribution in [3.05, 3.63) is 59.2 Å². The van der Waals surface area contributed by atoms with Crippen molar-refractivity contribution < 1.29 is 0 Å². The van der Waals surface area contributed by atoms with Crippen LogP contribution in [0.1, 0.15) is 32.3 Å². The summed E-state index contributed by atoms with van der Waals surface area (Å²) in [7, 11) is 0. The monoisotopic (exact) mass is 210 g/mol. The van der Waals surface area contributed by atoms with Gasteiger partial charge in [0.1, 0.15) is 0 Å². The largest absolute Gasteiger partial charge is 0.0802 e. The zero-order valence-electron chi connectivity index (χ0n) is 10.0. The van der Waals surface area contributed by atoms with E-state index in [1.165, 1.54) is 18.4 Å². The normalized spacial score (nSPS) is 32.2. The second-order valence-electron chi connectivity index (χ2n) is 5.22. The Bertz CT molecular complexity index is 464. The Kier molecular flexibility index (Phi) is 2.07. The van der Waals surface area contributed by atoms with E-state index >= 15 is 0 Å². The smallest absolute Gasteiger partial charge is 0.0199 e. The number of rotatable bonds is 1. The highest BCUT2D eigenvalue weighted by atomic mass is 14.4. The Morgan fingerprint density at radius 2 is 1.88 bits per heavy atom. The van der Waals surface area contributed by atoms with E-state index < -0.39 is 0 Å². The van der Waals surface area contributed by atoms with Crippen LogP contribution in [0.25, 0.3) is 0 Å². The first-order valence-corrected chi connectivity index (χ1v) is 6.19. The number of hydrogen-bond donors (Lipinski definition) is 0. The molecule has 0 heterocycles. The van der Waals surface area contributed by atoms with Crippen LogP contribution in [-0.2, 0) is 5.41 Å². The highest BCUT2D eigenvalue weighted by Gasteiger charge is 2.41. The van der Waals surface area contributed by atoms with Gasteiger partial charge in [-0.25, -0.2) is 0 Å². The Morgan fingerprint density at radius 3 is 2.50 bits per heavy atom. The Morgan fingerprint density at radius 1 is 1.12 bits per heavy atom. The molecule has 3 rings (SSSR count). The van der Waals surface area contributed by atoms with Crippen molar-refractivity contribution in [3.8, 4) is 0 Å². The molecule has 16 heavy (non-hydrogen) atoms. The summed E-state index contributed by atoms with van der Waals surface area (Å²) in [6, 6.07) is 11.0. The quantitative estimate of drug-likeness (QED) is 0.650. The molecule has 0 amide bonds. The molecule has 0 spiro atoms. The first-order chi connectivity index (χ1) is 7.73. The molecule has 0 fully saturated rings. The summed E-state index contributed by atoms with van der Waals surface area (Å²) < 4.78 is 0. The van der Waals surface area contributed by atoms with Gasteiger partial charge in [0.25, 0.3) is 0 Å². The maximum absolute atomic E-state index is 2.41. The molecule has 1 aromatic rings. The molecule has 0 radical (unpaired) electrons. The molecule has 2 aliphatic rings. The minimum Gasteiger partial charge on any atom is -0.0802 e. The summed E-state index contributed by atoms with van der Waals surface area (Å²) in [6.45, 7) is 4.75. The fraction of sp³-hybridized carbons (Fsp3) is 0.375. The van der Waals surface area contributed by atoms with Crippen molar-refractivity contribution in [2.45, 2.75) is 32.1 Å². The van der Waals surface area contributed by atoms with Crippen LogP contribution < -0.4 is 0 Å². The van der Waals surface area contributed by atoms with Crippen LogP contribution in [0.15, 0.2) is 53.6 Å². The maximum atomic E-state index is 2.41. The Balaban J connectivity index is 2.14. The van der Waals surface area contributed by atoms with Crippen LogP contribution >= 0.6 is 0 Å². The highest BCUT2D eigenvalue weighted by molar-refractivity contribution is 5.50. The van der Waals surface area contributed by atoms with Crippen LogP contribution in [-0.4, -0.2) is 0 Å². The molecular formula is C16H18. The molecule has 0 nitrogen and oxygen atoms in total. The first kappa shape index (κ1) is 9.89. The molecule has 2 aliphatic carbocycles. The molecule has 0 saturated carbocycles. The fourth-order valence-electron chi connectivity index (χ4n) is 3.12. The van der Waals surface area contributed by atoms with E-state index in [0.717, 1.165) is 0 Å². The van der Waals surface area contributed by atoms with E-state index in [0.29, 0.717) is 5.92 Å². The molecule has 0 saturated heterocycles. The van der Waals surface area contributed by atoms with Gasteiger partial charge < -0.3 is 0 Å². The zero-order chi connectivity index (χ0) is 11.2. The van der Waals surface area contributed by atoms with Gasteiger partial charge in [0.05, 0.1) is 0 Å². The molecule has 0 aliphatic heterocycles. The summed E-state index contributed by atoms with van der Waals surface area (Å²) in [5.74, 6) is 0.606. The summed E-state index contributed by atoms with van der Waals surface area (Å²) >= 11 is 0. The van der Waals surface area contributed by atoms with Crippen LogP contribution in [0.3, 0.4) is 0 Å². The lowest BCUT2D eigenvalue weighted by Gasteiger charge is -2.45. The van der Waals surface area contributed by atoms with Gasteiger partial charge in [0.2, 0.25) is 0 Å². The molecule has 1 aromatic carbocycles. The maximum Gasteiger partial charge on any atom is 0.0199 e. The van der Waals surface area contributed by atoms with Crippen LogP contribution in [0.5, 0.6) is 0 Å². The SMILES string of the molecule is CC1C=CC2=C(CC2)C1(C)c1ccccc1. The van der Waals surface area contributed by atoms with E-state index in [4.69, 9.17) is 0 Å². The zero-order valence-corrected chi connectivity index (χ0v) is 10.0. The lowest BCUT2D eigenvalue weighted by molar-refractivity contribution is 0.393. The third kappa shape index (κ3) is 1.16. The molecule has 2 unspecified atom stereocenters. The van der Waals surface area contributed by atoms with Crippen molar-refractivity contribution in [2.24, 2.45) is 5.92 Å². The van der Waals surface area contributed by atoms with Crippen LogP contribution in [0, 0.1) is 5.92 Å². The lowest BCUT2D eigenvalue weighted by atomic mass is 9.59. The molecule has 0 N–H and O–H groups in total. The standard InChI is InChI=1S/C16H18/c1-12-8-9-13-10-11-15(13)16(12,2)14-6-4-3-5-7-14/h3-9,12H,10-11H2,1-2H3. The van der Waals surface area contributed by atoms with Crippen LogP contribution in [0.4, 0.5) is 0 Å². The van der Waals surface area contributed by atoms with Gasteiger partial charge in [0, 0.05) is 5.41 Å². The van der Waals surface area contributed by atoms with Gasteiger partial charge >= 0.3 is 0 Å². The van der Waals surface area contributed by atoms with Gasteiger partial charge in [0.15, 0.2) is 0 Å². The molecule has 0 bridgehead atoms. The van der Waals surface area contributed by atoms with E-state index in [9.17, 15) is 0 Å². The predicted molar refractivity (Wildman–Crippen MR) is 68.4 cm³/mol. The highest BCUT2D eigenvalue weighted by Crippen LogP contribution is 2.51. The van der Waals surface area contributed by atoms with Gasteiger partial charge in [-0.15, -0.1) is 0 Å². The molecule has 0 heteroatoms. The summed E-state index contributed by atoms with van der Waals surface area (Å²) in [5, 5.41) is 0. The van der Waals surface area contributed by atoms with Crippen molar-refractivity contribution in [1.29, 1.82) is 0 Å². The topological polar surface area (TPSA) is 0 Å². The molecule has 2 atom stereocenters. The number of allylic oxidation sites excluding steroid dienone is 4. The Hall–Kier alpha value is -1.30. The van der Waals surface area contributed by atoms with E-state index in [1.54, 1.807) is 11.1 Å². The third-order valence-electron chi connectivity index (χ3n) is 4.53. The lowest BCUT2D eigenvalue weighted by Crippen LogP contribution is -2.37. The fourth-order valence-corrected chi connectivity index (χ4v) is 3.12. The average Bonchev–Trinajstić information content (AvgIpc) is 2.27. The third-order valence-corrected chi connectivity index (χ3v) is 4.53. The van der Waals surface area contributed by atoms with E-state index in [-0.39, 0.29) is 5.41 Å². The minimum absolute atomic E-state index is 0.240. The summed E-state index contributed by atoms with van der Waals surface area (Å²) in [5.41, 5.74) is 4.97. The average molecular weight is 210 g/mol.